The average molecular weight is 315 g/mol. The molecule has 0 aromatic heterocycles. The zero-order valence-corrected chi connectivity index (χ0v) is 13.4. The lowest BCUT2D eigenvalue weighted by Gasteiger charge is -2.09. The maximum Gasteiger partial charge on any atom is 0.250 e. The molecule has 2 aromatic carbocycles. The van der Waals surface area contributed by atoms with Gasteiger partial charge in [-0.2, -0.15) is 0 Å². The molecule has 0 radical (unpaired) electrons. The van der Waals surface area contributed by atoms with Crippen molar-refractivity contribution in [3.63, 3.8) is 0 Å². The van der Waals surface area contributed by atoms with Gasteiger partial charge >= 0.3 is 0 Å². The van der Waals surface area contributed by atoms with Crippen LogP contribution >= 0.6 is 0 Å². The lowest BCUT2D eigenvalue weighted by molar-refractivity contribution is -0.120. The molecule has 0 saturated carbocycles. The van der Waals surface area contributed by atoms with E-state index in [9.17, 15) is 4.79 Å². The number of carbonyl (C=O) groups is 1. The monoisotopic (exact) mass is 315 g/mol. The third-order valence-electron chi connectivity index (χ3n) is 2.95. The quantitative estimate of drug-likeness (QED) is 0.804. The number of hydrogen-bond donors (Lipinski definition) is 1. The van der Waals surface area contributed by atoms with E-state index in [0.717, 1.165) is 11.5 Å². The Balaban J connectivity index is 1.90. The van der Waals surface area contributed by atoms with Crippen molar-refractivity contribution in [2.45, 2.75) is 13.8 Å². The van der Waals surface area contributed by atoms with E-state index in [1.54, 1.807) is 24.3 Å². The Hall–Kier alpha value is -2.53. The van der Waals surface area contributed by atoms with E-state index in [1.807, 2.05) is 38.1 Å². The molecule has 122 valence electrons. The molecule has 0 aliphatic rings. The van der Waals surface area contributed by atoms with Crippen LogP contribution in [0.2, 0.25) is 0 Å². The Labute approximate surface area is 136 Å². The fourth-order valence-corrected chi connectivity index (χ4v) is 1.90. The number of nitrogens with one attached hydrogen (secondary N) is 1. The number of hydrogen-bond acceptors (Lipinski definition) is 4. The van der Waals surface area contributed by atoms with E-state index >= 15 is 0 Å². The number of rotatable bonds is 8. The molecule has 0 heterocycles. The largest absolute Gasteiger partial charge is 0.494 e. The Morgan fingerprint density at radius 1 is 0.870 bits per heavy atom. The van der Waals surface area contributed by atoms with Gasteiger partial charge in [-0.05, 0) is 62.4 Å². The summed E-state index contributed by atoms with van der Waals surface area (Å²) >= 11 is 0. The summed E-state index contributed by atoms with van der Waals surface area (Å²) in [6.07, 6.45) is 0. The first-order valence-electron chi connectivity index (χ1n) is 7.59. The summed E-state index contributed by atoms with van der Waals surface area (Å²) in [4.78, 5) is 11.6. The van der Waals surface area contributed by atoms with Crippen molar-refractivity contribution in [3.8, 4) is 17.2 Å². The fourth-order valence-electron chi connectivity index (χ4n) is 1.90. The van der Waals surface area contributed by atoms with Crippen molar-refractivity contribution in [1.82, 2.24) is 0 Å². The van der Waals surface area contributed by atoms with Crippen molar-refractivity contribution in [1.29, 1.82) is 0 Å². The topological polar surface area (TPSA) is 56.8 Å². The molecule has 0 fully saturated rings. The van der Waals surface area contributed by atoms with Gasteiger partial charge in [0.15, 0.2) is 0 Å². The second-order valence-electron chi connectivity index (χ2n) is 4.72. The van der Waals surface area contributed by atoms with Gasteiger partial charge in [0, 0.05) is 12.3 Å². The molecule has 0 atom stereocenters. The molecule has 1 amide bonds. The first-order chi connectivity index (χ1) is 11.2. The Kier molecular flexibility index (Phi) is 6.44. The minimum Gasteiger partial charge on any atom is -0.494 e. The van der Waals surface area contributed by atoms with E-state index in [2.05, 4.69) is 5.32 Å². The minimum atomic E-state index is -0.174. The molecule has 5 heteroatoms. The van der Waals surface area contributed by atoms with Gasteiger partial charge in [0.25, 0.3) is 0 Å². The summed E-state index contributed by atoms with van der Waals surface area (Å²) in [5, 5.41) is 2.75. The molecule has 0 bridgehead atoms. The maximum atomic E-state index is 11.6. The molecule has 0 saturated heterocycles. The second-order valence-corrected chi connectivity index (χ2v) is 4.72. The van der Waals surface area contributed by atoms with Crippen LogP contribution in [0.5, 0.6) is 17.2 Å². The van der Waals surface area contributed by atoms with Crippen molar-refractivity contribution in [2.75, 3.05) is 25.1 Å². The van der Waals surface area contributed by atoms with Crippen LogP contribution in [0, 0.1) is 0 Å². The van der Waals surface area contributed by atoms with E-state index in [4.69, 9.17) is 14.2 Å². The smallest absolute Gasteiger partial charge is 0.250 e. The third-order valence-corrected chi connectivity index (χ3v) is 2.95. The van der Waals surface area contributed by atoms with E-state index in [1.165, 1.54) is 0 Å². The van der Waals surface area contributed by atoms with Gasteiger partial charge in [0.2, 0.25) is 5.91 Å². The molecule has 1 N–H and O–H groups in total. The number of ether oxygens (including phenoxy) is 3. The highest BCUT2D eigenvalue weighted by molar-refractivity contribution is 5.91. The van der Waals surface area contributed by atoms with Crippen molar-refractivity contribution >= 4 is 11.6 Å². The summed E-state index contributed by atoms with van der Waals surface area (Å²) in [7, 11) is 0. The number of carbonyl (C=O) groups excluding carboxylic acids is 1. The first-order valence-corrected chi connectivity index (χ1v) is 7.59. The molecular formula is C18H21NO4. The van der Waals surface area contributed by atoms with Gasteiger partial charge < -0.3 is 19.5 Å². The van der Waals surface area contributed by atoms with Gasteiger partial charge in [0.05, 0.1) is 6.61 Å². The molecule has 0 spiro atoms. The van der Waals surface area contributed by atoms with Gasteiger partial charge in [-0.1, -0.05) is 0 Å². The Morgan fingerprint density at radius 2 is 1.43 bits per heavy atom. The highest BCUT2D eigenvalue weighted by Gasteiger charge is 2.03. The maximum absolute atomic E-state index is 11.6. The molecular weight excluding hydrogens is 294 g/mol. The molecule has 2 rings (SSSR count). The van der Waals surface area contributed by atoms with E-state index in [0.29, 0.717) is 24.7 Å². The second kappa shape index (κ2) is 8.80. The zero-order valence-electron chi connectivity index (χ0n) is 13.4. The molecule has 2 aromatic rings. The minimum absolute atomic E-state index is 0.0565. The van der Waals surface area contributed by atoms with Crippen LogP contribution in [0.25, 0.3) is 0 Å². The predicted octanol–water partition coefficient (Wildman–Crippen LogP) is 3.85. The Morgan fingerprint density at radius 3 is 2.00 bits per heavy atom. The highest BCUT2D eigenvalue weighted by atomic mass is 16.5. The van der Waals surface area contributed by atoms with E-state index in [-0.39, 0.29) is 12.5 Å². The zero-order chi connectivity index (χ0) is 16.5. The third kappa shape index (κ3) is 5.64. The number of benzene rings is 2. The molecule has 0 aliphatic carbocycles. The molecule has 5 nitrogen and oxygen atoms in total. The molecule has 0 aliphatic heterocycles. The first kappa shape index (κ1) is 16.8. The SMILES string of the molecule is CCOCC(=O)Nc1ccc(Oc2ccc(OCC)cc2)cc1. The summed E-state index contributed by atoms with van der Waals surface area (Å²) < 4.78 is 16.2. The van der Waals surface area contributed by atoms with Crippen LogP contribution in [0.1, 0.15) is 13.8 Å². The standard InChI is InChI=1S/C18H21NO4/c1-3-21-13-18(20)19-14-5-7-16(8-6-14)23-17-11-9-15(10-12-17)22-4-2/h5-12H,3-4,13H2,1-2H3,(H,19,20). The van der Waals surface area contributed by atoms with Gasteiger partial charge in [0.1, 0.15) is 23.9 Å². The van der Waals surface area contributed by atoms with E-state index < -0.39 is 0 Å². The molecule has 23 heavy (non-hydrogen) atoms. The summed E-state index contributed by atoms with van der Waals surface area (Å²) in [6.45, 7) is 5.00. The summed E-state index contributed by atoms with van der Waals surface area (Å²) in [6, 6.07) is 14.6. The van der Waals surface area contributed by atoms with Gasteiger partial charge in [-0.15, -0.1) is 0 Å². The highest BCUT2D eigenvalue weighted by Crippen LogP contribution is 2.25. The predicted molar refractivity (Wildman–Crippen MR) is 89.2 cm³/mol. The van der Waals surface area contributed by atoms with Crippen molar-refractivity contribution in [2.24, 2.45) is 0 Å². The van der Waals surface area contributed by atoms with Gasteiger partial charge in [-0.25, -0.2) is 0 Å². The lowest BCUT2D eigenvalue weighted by Crippen LogP contribution is -2.18. The number of anilines is 1. The van der Waals surface area contributed by atoms with Crippen LogP contribution < -0.4 is 14.8 Å². The summed E-state index contributed by atoms with van der Waals surface area (Å²) in [5.74, 6) is 2.05. The normalized spacial score (nSPS) is 10.2. The van der Waals surface area contributed by atoms with Crippen molar-refractivity contribution in [3.05, 3.63) is 48.5 Å². The van der Waals surface area contributed by atoms with Gasteiger partial charge in [-0.3, -0.25) is 4.79 Å². The van der Waals surface area contributed by atoms with Crippen LogP contribution in [0.4, 0.5) is 5.69 Å². The van der Waals surface area contributed by atoms with Crippen LogP contribution in [-0.2, 0) is 9.53 Å². The lowest BCUT2D eigenvalue weighted by atomic mass is 10.3. The summed E-state index contributed by atoms with van der Waals surface area (Å²) in [5.41, 5.74) is 0.703. The van der Waals surface area contributed by atoms with Crippen LogP contribution in [0.3, 0.4) is 0 Å². The Bertz CT molecular complexity index is 608. The van der Waals surface area contributed by atoms with Crippen molar-refractivity contribution < 1.29 is 19.0 Å². The van der Waals surface area contributed by atoms with Crippen LogP contribution in [0.15, 0.2) is 48.5 Å². The van der Waals surface area contributed by atoms with Crippen LogP contribution in [-0.4, -0.2) is 25.7 Å². The fraction of sp³-hybridized carbons (Fsp3) is 0.278. The number of amides is 1. The average Bonchev–Trinajstić information content (AvgIpc) is 2.57. The molecule has 0 unspecified atom stereocenters.